The van der Waals surface area contributed by atoms with Crippen molar-refractivity contribution in [3.05, 3.63) is 30.6 Å². The summed E-state index contributed by atoms with van der Waals surface area (Å²) in [4.78, 5) is 32.8. The summed E-state index contributed by atoms with van der Waals surface area (Å²) in [6.45, 7) is 0.441. The van der Waals surface area contributed by atoms with E-state index in [1.165, 1.54) is 11.8 Å². The van der Waals surface area contributed by atoms with E-state index in [1.807, 2.05) is 30.5 Å². The molecule has 0 aliphatic heterocycles. The molecule has 0 saturated heterocycles. The summed E-state index contributed by atoms with van der Waals surface area (Å²) in [5, 5.41) is 0.647. The molecule has 144 valence electrons. The third-order valence-electron chi connectivity index (χ3n) is 3.46. The van der Waals surface area contributed by atoms with Crippen LogP contribution in [-0.4, -0.2) is 48.5 Å². The highest BCUT2D eigenvalue weighted by Gasteiger charge is 2.16. The monoisotopic (exact) mass is 427 g/mol. The number of nitrogens with two attached hydrogens (primary N) is 1. The second kappa shape index (κ2) is 8.59. The Morgan fingerprint density at radius 3 is 2.70 bits per heavy atom. The lowest BCUT2D eigenvalue weighted by Gasteiger charge is -2.08. The van der Waals surface area contributed by atoms with Crippen LogP contribution in [0.15, 0.2) is 45.4 Å². The third-order valence-corrected chi connectivity index (χ3v) is 5.96. The standard InChI is InChI=1S/C15H18N5O4PS2/c1-26-10-4-2-3-5-11(10)27-14-12-13(18-15(16)19-14)20(8-17-12)6-7-24-9-25(21,22)23/h2-5,8H,6-7,9H2,1H3,(H2,16,18,19)(H2,21,22,23). The largest absolute Gasteiger partial charge is 0.368 e. The van der Waals surface area contributed by atoms with E-state index in [1.54, 1.807) is 22.7 Å². The zero-order valence-electron chi connectivity index (χ0n) is 14.3. The summed E-state index contributed by atoms with van der Waals surface area (Å²) >= 11 is 3.11. The minimum Gasteiger partial charge on any atom is -0.368 e. The molecule has 0 amide bonds. The first-order valence-electron chi connectivity index (χ1n) is 7.79. The number of nitrogens with zero attached hydrogens (tertiary/aromatic N) is 4. The molecule has 4 N–H and O–H groups in total. The summed E-state index contributed by atoms with van der Waals surface area (Å²) < 4.78 is 17.6. The van der Waals surface area contributed by atoms with E-state index < -0.39 is 13.9 Å². The fraction of sp³-hybridized carbons (Fsp3) is 0.267. The van der Waals surface area contributed by atoms with Crippen molar-refractivity contribution >= 4 is 48.2 Å². The van der Waals surface area contributed by atoms with Gasteiger partial charge in [-0.15, -0.1) is 11.8 Å². The van der Waals surface area contributed by atoms with Crippen LogP contribution in [0.3, 0.4) is 0 Å². The van der Waals surface area contributed by atoms with E-state index in [0.717, 1.165) is 9.79 Å². The van der Waals surface area contributed by atoms with Crippen LogP contribution < -0.4 is 5.73 Å². The van der Waals surface area contributed by atoms with Gasteiger partial charge in [-0.2, -0.15) is 4.98 Å². The van der Waals surface area contributed by atoms with Gasteiger partial charge in [-0.3, -0.25) is 4.57 Å². The topological polar surface area (TPSA) is 136 Å². The maximum atomic E-state index is 10.8. The fourth-order valence-electron chi connectivity index (χ4n) is 2.32. The number of nitrogen functional groups attached to an aromatic ring is 1. The number of thioether (sulfide) groups is 1. The van der Waals surface area contributed by atoms with Crippen LogP contribution in [0.5, 0.6) is 0 Å². The summed E-state index contributed by atoms with van der Waals surface area (Å²) in [5.41, 5.74) is 7.03. The zero-order chi connectivity index (χ0) is 19.4. The average Bonchev–Trinajstić information content (AvgIpc) is 3.01. The minimum absolute atomic E-state index is 0.109. The van der Waals surface area contributed by atoms with Gasteiger partial charge in [-0.25, -0.2) is 9.97 Å². The normalized spacial score (nSPS) is 12.0. The van der Waals surface area contributed by atoms with Crippen molar-refractivity contribution in [1.82, 2.24) is 19.5 Å². The molecule has 12 heteroatoms. The van der Waals surface area contributed by atoms with Crippen molar-refractivity contribution in [2.45, 2.75) is 21.4 Å². The van der Waals surface area contributed by atoms with Gasteiger partial charge >= 0.3 is 7.60 Å². The molecular formula is C15H18N5O4PS2. The quantitative estimate of drug-likeness (QED) is 0.213. The number of anilines is 1. The number of hydrogen-bond acceptors (Lipinski definition) is 8. The highest BCUT2D eigenvalue weighted by Crippen LogP contribution is 2.36. The van der Waals surface area contributed by atoms with E-state index in [0.29, 0.717) is 22.7 Å². The van der Waals surface area contributed by atoms with Gasteiger partial charge in [0, 0.05) is 16.3 Å². The van der Waals surface area contributed by atoms with E-state index in [4.69, 9.17) is 20.3 Å². The van der Waals surface area contributed by atoms with Crippen molar-refractivity contribution in [2.24, 2.45) is 0 Å². The van der Waals surface area contributed by atoms with Gasteiger partial charge in [0.05, 0.1) is 12.9 Å². The molecule has 3 aromatic rings. The van der Waals surface area contributed by atoms with E-state index in [2.05, 4.69) is 15.0 Å². The number of ether oxygens (including phenoxy) is 1. The molecule has 0 bridgehead atoms. The van der Waals surface area contributed by atoms with E-state index in [-0.39, 0.29) is 12.6 Å². The SMILES string of the molecule is CSc1ccccc1Sc1nc(N)nc2c1ncn2CCOCP(=O)(O)O. The number of fused-ring (bicyclic) bond motifs is 1. The van der Waals surface area contributed by atoms with Crippen molar-refractivity contribution in [3.63, 3.8) is 0 Å². The molecule has 2 heterocycles. The predicted octanol–water partition coefficient (Wildman–Crippen LogP) is 2.43. The smallest absolute Gasteiger partial charge is 0.350 e. The Bertz CT molecular complexity index is 993. The zero-order valence-corrected chi connectivity index (χ0v) is 16.9. The summed E-state index contributed by atoms with van der Waals surface area (Å²) in [6, 6.07) is 7.98. The van der Waals surface area contributed by atoms with Crippen LogP contribution in [0.1, 0.15) is 0 Å². The number of aromatic nitrogens is 4. The van der Waals surface area contributed by atoms with Gasteiger partial charge < -0.3 is 24.8 Å². The van der Waals surface area contributed by atoms with Crippen LogP contribution in [0.25, 0.3) is 11.2 Å². The molecule has 27 heavy (non-hydrogen) atoms. The Labute approximate surface area is 163 Å². The highest BCUT2D eigenvalue weighted by molar-refractivity contribution is 8.02. The molecule has 0 fully saturated rings. The Morgan fingerprint density at radius 1 is 1.26 bits per heavy atom. The number of imidazole rings is 1. The van der Waals surface area contributed by atoms with Crippen LogP contribution in [0, 0.1) is 0 Å². The highest BCUT2D eigenvalue weighted by atomic mass is 32.2. The average molecular weight is 427 g/mol. The number of rotatable bonds is 8. The van der Waals surface area contributed by atoms with Crippen molar-refractivity contribution in [1.29, 1.82) is 0 Å². The summed E-state index contributed by atoms with van der Waals surface area (Å²) in [5.74, 6) is 0.129. The Kier molecular flexibility index (Phi) is 6.40. The van der Waals surface area contributed by atoms with Crippen LogP contribution >= 0.6 is 31.1 Å². The molecule has 9 nitrogen and oxygen atoms in total. The molecule has 0 aliphatic carbocycles. The first kappa shape index (κ1) is 20.1. The van der Waals surface area contributed by atoms with Gasteiger partial charge in [0.15, 0.2) is 5.65 Å². The van der Waals surface area contributed by atoms with E-state index in [9.17, 15) is 4.57 Å². The molecule has 0 saturated carbocycles. The Morgan fingerprint density at radius 2 is 2.00 bits per heavy atom. The minimum atomic E-state index is -4.18. The fourth-order valence-corrected chi connectivity index (χ4v) is 4.45. The molecule has 0 radical (unpaired) electrons. The lowest BCUT2D eigenvalue weighted by atomic mass is 10.4. The van der Waals surface area contributed by atoms with Gasteiger partial charge in [0.1, 0.15) is 16.9 Å². The third kappa shape index (κ3) is 5.22. The van der Waals surface area contributed by atoms with Crippen LogP contribution in [-0.2, 0) is 15.8 Å². The van der Waals surface area contributed by atoms with Gasteiger partial charge in [-0.05, 0) is 18.4 Å². The van der Waals surface area contributed by atoms with Crippen molar-refractivity contribution in [2.75, 3.05) is 24.9 Å². The molecule has 0 aliphatic rings. The molecule has 1 aromatic carbocycles. The second-order valence-corrected chi connectivity index (χ2v) is 8.92. The summed E-state index contributed by atoms with van der Waals surface area (Å²) in [6.07, 6.45) is 2.98. The summed E-state index contributed by atoms with van der Waals surface area (Å²) in [7, 11) is -4.18. The van der Waals surface area contributed by atoms with Gasteiger partial charge in [0.2, 0.25) is 5.95 Å². The lowest BCUT2D eigenvalue weighted by molar-refractivity contribution is 0.149. The molecule has 0 spiro atoms. The molecule has 3 rings (SSSR count). The predicted molar refractivity (Wildman–Crippen MR) is 105 cm³/mol. The van der Waals surface area contributed by atoms with Crippen molar-refractivity contribution < 1.29 is 19.1 Å². The van der Waals surface area contributed by atoms with Gasteiger partial charge in [0.25, 0.3) is 0 Å². The van der Waals surface area contributed by atoms with Crippen LogP contribution in [0.4, 0.5) is 5.95 Å². The molecule has 2 aromatic heterocycles. The maximum Gasteiger partial charge on any atom is 0.350 e. The van der Waals surface area contributed by atoms with Gasteiger partial charge in [-0.1, -0.05) is 23.9 Å². The number of benzene rings is 1. The van der Waals surface area contributed by atoms with Crippen molar-refractivity contribution in [3.8, 4) is 0 Å². The Hall–Kier alpha value is -1.62. The maximum absolute atomic E-state index is 10.8. The molecule has 0 atom stereocenters. The first-order valence-corrected chi connectivity index (χ1v) is 11.6. The Balaban J connectivity index is 1.83. The van der Waals surface area contributed by atoms with Crippen LogP contribution in [0.2, 0.25) is 0 Å². The second-order valence-electron chi connectivity index (χ2n) is 5.45. The van der Waals surface area contributed by atoms with E-state index >= 15 is 0 Å². The number of hydrogen-bond donors (Lipinski definition) is 3. The first-order chi connectivity index (χ1) is 12.9. The lowest BCUT2D eigenvalue weighted by Crippen LogP contribution is -2.07. The molecular weight excluding hydrogens is 409 g/mol. The molecule has 0 unspecified atom stereocenters.